The van der Waals surface area contributed by atoms with Crippen molar-refractivity contribution in [3.8, 4) is 0 Å². The SMILES string of the molecule is CC(O)S.[Au]. The third-order valence-electron chi connectivity index (χ3n) is 0. The van der Waals surface area contributed by atoms with Crippen molar-refractivity contribution in [1.82, 2.24) is 0 Å². The Morgan fingerprint density at radius 3 is 1.80 bits per heavy atom. The van der Waals surface area contributed by atoms with Gasteiger partial charge in [-0.15, -0.1) is 12.6 Å². The molecule has 0 rings (SSSR count). The molecular formula is C2H6AuOS. The van der Waals surface area contributed by atoms with Gasteiger partial charge >= 0.3 is 0 Å². The normalized spacial score (nSPS) is 12.6. The van der Waals surface area contributed by atoms with Crippen LogP contribution in [0.4, 0.5) is 0 Å². The topological polar surface area (TPSA) is 20.2 Å². The average Bonchev–Trinajstić information content (AvgIpc) is 0.811. The molecule has 1 unspecified atom stereocenters. The molecule has 1 nitrogen and oxygen atoms in total. The van der Waals surface area contributed by atoms with E-state index >= 15 is 0 Å². The van der Waals surface area contributed by atoms with E-state index in [1.165, 1.54) is 0 Å². The Kier molecular flexibility index (Phi) is 9.50. The predicted octanol–water partition coefficient (Wildman–Crippen LogP) is 0.252. The third-order valence-corrected chi connectivity index (χ3v) is 0. The Labute approximate surface area is 52.7 Å². The molecule has 37 valence electrons. The summed E-state index contributed by atoms with van der Waals surface area (Å²) in [4.78, 5) is 0. The summed E-state index contributed by atoms with van der Waals surface area (Å²) >= 11 is 3.52. The number of thiol groups is 1. The van der Waals surface area contributed by atoms with Crippen molar-refractivity contribution in [3.63, 3.8) is 0 Å². The van der Waals surface area contributed by atoms with Crippen molar-refractivity contribution in [1.29, 1.82) is 0 Å². The van der Waals surface area contributed by atoms with Gasteiger partial charge in [0.2, 0.25) is 0 Å². The minimum Gasteiger partial charge on any atom is -0.383 e. The minimum absolute atomic E-state index is 0. The van der Waals surface area contributed by atoms with E-state index in [1.54, 1.807) is 6.92 Å². The number of hydrogen-bond acceptors (Lipinski definition) is 2. The predicted molar refractivity (Wildman–Crippen MR) is 20.7 cm³/mol. The summed E-state index contributed by atoms with van der Waals surface area (Å²) in [7, 11) is 0. The van der Waals surface area contributed by atoms with Crippen molar-refractivity contribution >= 4 is 12.6 Å². The quantitative estimate of drug-likeness (QED) is 0.369. The molecule has 0 fully saturated rings. The summed E-state index contributed by atoms with van der Waals surface area (Å²) in [6, 6.07) is 0. The molecule has 0 saturated carbocycles. The van der Waals surface area contributed by atoms with Crippen LogP contribution >= 0.6 is 12.6 Å². The summed E-state index contributed by atoms with van der Waals surface area (Å²) < 4.78 is 0. The van der Waals surface area contributed by atoms with Gasteiger partial charge in [-0.3, -0.25) is 0 Å². The number of hydrogen-bond donors (Lipinski definition) is 2. The van der Waals surface area contributed by atoms with Crippen LogP contribution in [-0.4, -0.2) is 10.5 Å². The molecule has 0 aliphatic carbocycles. The Morgan fingerprint density at radius 1 is 1.80 bits per heavy atom. The second-order valence-electron chi connectivity index (χ2n) is 0.632. The van der Waals surface area contributed by atoms with E-state index in [4.69, 9.17) is 5.11 Å². The zero-order valence-corrected chi connectivity index (χ0v) is 5.83. The standard InChI is InChI=1S/C2H6OS.Au/c1-2(3)4;/h2-4H,1H3;. The number of aliphatic hydroxyl groups is 1. The summed E-state index contributed by atoms with van der Waals surface area (Å²) in [6.07, 6.45) is 0. The smallest absolute Gasteiger partial charge is 0.0936 e. The van der Waals surface area contributed by atoms with E-state index in [0.29, 0.717) is 0 Å². The zero-order chi connectivity index (χ0) is 3.58. The summed E-state index contributed by atoms with van der Waals surface area (Å²) in [5.41, 5.74) is -0.472. The van der Waals surface area contributed by atoms with E-state index in [-0.39, 0.29) is 22.4 Å². The molecule has 1 N–H and O–H groups in total. The van der Waals surface area contributed by atoms with Gasteiger partial charge in [-0.2, -0.15) is 0 Å². The molecule has 1 atom stereocenters. The number of rotatable bonds is 0. The van der Waals surface area contributed by atoms with Crippen LogP contribution in [0, 0.1) is 0 Å². The fraction of sp³-hybridized carbons (Fsp3) is 1.00. The Balaban J connectivity index is 0. The van der Waals surface area contributed by atoms with Crippen molar-refractivity contribution in [2.75, 3.05) is 0 Å². The van der Waals surface area contributed by atoms with Gasteiger partial charge in [0.25, 0.3) is 0 Å². The van der Waals surface area contributed by atoms with E-state index in [2.05, 4.69) is 12.6 Å². The Morgan fingerprint density at radius 2 is 1.80 bits per heavy atom. The van der Waals surface area contributed by atoms with Gasteiger partial charge in [-0.25, -0.2) is 0 Å². The van der Waals surface area contributed by atoms with Crippen molar-refractivity contribution in [2.45, 2.75) is 12.4 Å². The van der Waals surface area contributed by atoms with Gasteiger partial charge in [-0.05, 0) is 6.92 Å². The maximum Gasteiger partial charge on any atom is 0.0936 e. The molecular weight excluding hydrogens is 269 g/mol. The van der Waals surface area contributed by atoms with Gasteiger partial charge in [0, 0.05) is 22.4 Å². The van der Waals surface area contributed by atoms with Crippen molar-refractivity contribution in [2.24, 2.45) is 0 Å². The van der Waals surface area contributed by atoms with Crippen LogP contribution in [0.1, 0.15) is 6.92 Å². The van der Waals surface area contributed by atoms with Crippen molar-refractivity contribution < 1.29 is 27.5 Å². The Bertz CT molecular complexity index is 14.4. The van der Waals surface area contributed by atoms with Crippen LogP contribution in [0.5, 0.6) is 0 Å². The summed E-state index contributed by atoms with van der Waals surface area (Å²) in [5.74, 6) is 0. The first kappa shape index (κ1) is 9.41. The molecule has 0 heterocycles. The average molecular weight is 275 g/mol. The molecule has 0 aromatic carbocycles. The van der Waals surface area contributed by atoms with Crippen molar-refractivity contribution in [3.05, 3.63) is 0 Å². The number of aliphatic hydroxyl groups excluding tert-OH is 1. The fourth-order valence-electron chi connectivity index (χ4n) is 0. The van der Waals surface area contributed by atoms with Gasteiger partial charge in [0.1, 0.15) is 0 Å². The molecule has 0 saturated heterocycles. The molecule has 0 aliphatic heterocycles. The van der Waals surface area contributed by atoms with Crippen LogP contribution in [0.25, 0.3) is 0 Å². The first-order valence-electron chi connectivity index (χ1n) is 1.09. The maximum absolute atomic E-state index is 7.92. The second kappa shape index (κ2) is 5.05. The van der Waals surface area contributed by atoms with Gasteiger partial charge in [0.05, 0.1) is 5.44 Å². The second-order valence-corrected chi connectivity index (χ2v) is 1.38. The zero-order valence-electron chi connectivity index (χ0n) is 2.77. The van der Waals surface area contributed by atoms with Gasteiger partial charge in [-0.1, -0.05) is 0 Å². The summed E-state index contributed by atoms with van der Waals surface area (Å²) in [6.45, 7) is 1.59. The fourth-order valence-corrected chi connectivity index (χ4v) is 0. The van der Waals surface area contributed by atoms with Gasteiger partial charge in [0.15, 0.2) is 0 Å². The monoisotopic (exact) mass is 275 g/mol. The Hall–Kier alpha value is 1.05. The van der Waals surface area contributed by atoms with Crippen LogP contribution < -0.4 is 0 Å². The molecule has 0 aromatic heterocycles. The van der Waals surface area contributed by atoms with Crippen LogP contribution in [0.3, 0.4) is 0 Å². The van der Waals surface area contributed by atoms with Crippen LogP contribution in [-0.2, 0) is 22.4 Å². The van der Waals surface area contributed by atoms with Gasteiger partial charge < -0.3 is 5.11 Å². The molecule has 3 heteroatoms. The minimum atomic E-state index is -0.472. The molecule has 1 radical (unpaired) electrons. The molecule has 0 aromatic rings. The van der Waals surface area contributed by atoms with Crippen LogP contribution in [0.15, 0.2) is 0 Å². The first-order valence-corrected chi connectivity index (χ1v) is 1.61. The largest absolute Gasteiger partial charge is 0.383 e. The van der Waals surface area contributed by atoms with Crippen LogP contribution in [0.2, 0.25) is 0 Å². The summed E-state index contributed by atoms with van der Waals surface area (Å²) in [5, 5.41) is 7.92. The molecule has 5 heavy (non-hydrogen) atoms. The van der Waals surface area contributed by atoms with E-state index in [1.807, 2.05) is 0 Å². The first-order chi connectivity index (χ1) is 1.73. The van der Waals surface area contributed by atoms with E-state index < -0.39 is 5.44 Å². The van der Waals surface area contributed by atoms with E-state index in [0.717, 1.165) is 0 Å². The molecule has 0 spiro atoms. The molecule has 0 bridgehead atoms. The third kappa shape index (κ3) is 42.6. The molecule has 0 aliphatic rings. The molecule has 0 amide bonds. The van der Waals surface area contributed by atoms with E-state index in [9.17, 15) is 0 Å². The maximum atomic E-state index is 7.92.